The van der Waals surface area contributed by atoms with Crippen molar-refractivity contribution in [3.05, 3.63) is 6.42 Å². The molecule has 1 radical (unpaired) electrons. The van der Waals surface area contributed by atoms with E-state index in [1.165, 1.54) is 64.2 Å². The quantitative estimate of drug-likeness (QED) is 0.313. The van der Waals surface area contributed by atoms with Crippen LogP contribution in [0.4, 0.5) is 0 Å². The highest BCUT2D eigenvalue weighted by molar-refractivity contribution is 7.78. The molecule has 0 N–H and O–H groups in total. The number of thiocarbonyl (C=S) groups is 1. The van der Waals surface area contributed by atoms with E-state index in [1.54, 1.807) is 0 Å². The second-order valence-electron chi connectivity index (χ2n) is 4.27. The minimum absolute atomic E-state index is 1.13. The number of unbranched alkanes of at least 4 members (excludes halogenated alkanes) is 11. The maximum atomic E-state index is 4.79. The van der Waals surface area contributed by atoms with Gasteiger partial charge in [-0.25, -0.2) is 0 Å². The summed E-state index contributed by atoms with van der Waals surface area (Å²) in [5.41, 5.74) is 0. The van der Waals surface area contributed by atoms with Crippen LogP contribution in [0.2, 0.25) is 0 Å². The first-order valence-electron chi connectivity index (χ1n) is 6.67. The van der Waals surface area contributed by atoms with Gasteiger partial charge in [0.1, 0.15) is 0 Å². The second kappa shape index (κ2) is 14.1. The zero-order valence-corrected chi connectivity index (χ0v) is 11.2. The van der Waals surface area contributed by atoms with E-state index in [0.717, 1.165) is 6.42 Å². The predicted octanol–water partition coefficient (Wildman–Crippen LogP) is 5.50. The first-order chi connectivity index (χ1) is 7.41. The van der Waals surface area contributed by atoms with E-state index in [4.69, 9.17) is 12.2 Å². The molecule has 0 aromatic rings. The van der Waals surface area contributed by atoms with Gasteiger partial charge in [-0.1, -0.05) is 76.9 Å². The summed E-state index contributed by atoms with van der Waals surface area (Å²) in [5.74, 6) is 0. The molecule has 0 fully saturated rings. The van der Waals surface area contributed by atoms with E-state index >= 15 is 0 Å². The Morgan fingerprint density at radius 3 is 1.67 bits per heavy atom. The third kappa shape index (κ3) is 14.1. The minimum atomic E-state index is 1.13. The molecule has 89 valence electrons. The lowest BCUT2D eigenvalue weighted by atomic mass is 10.1. The third-order valence-corrected chi connectivity index (χ3v) is 3.00. The fourth-order valence-corrected chi connectivity index (χ4v) is 1.95. The van der Waals surface area contributed by atoms with Gasteiger partial charge in [0.15, 0.2) is 0 Å². The standard InChI is InChI=1S/C14H27S/c1-2-3-4-5-6-7-8-9-10-11-12-13-14-15/h3,14H,2,4-13H2,1H3. The number of rotatable bonds is 12. The van der Waals surface area contributed by atoms with Crippen molar-refractivity contribution in [2.75, 3.05) is 0 Å². The van der Waals surface area contributed by atoms with E-state index in [-0.39, 0.29) is 0 Å². The van der Waals surface area contributed by atoms with Crippen molar-refractivity contribution in [1.29, 1.82) is 0 Å². The van der Waals surface area contributed by atoms with Crippen LogP contribution in [-0.2, 0) is 0 Å². The Balaban J connectivity index is 2.83. The zero-order chi connectivity index (χ0) is 11.2. The highest BCUT2D eigenvalue weighted by Gasteiger charge is 1.92. The Hall–Kier alpha value is 0.0900. The molecular formula is C14H27S. The molecule has 0 aliphatic rings. The molecule has 0 aromatic carbocycles. The summed E-state index contributed by atoms with van der Waals surface area (Å²) in [7, 11) is 0. The molecule has 0 spiro atoms. The van der Waals surface area contributed by atoms with Crippen LogP contribution in [0.15, 0.2) is 0 Å². The van der Waals surface area contributed by atoms with Crippen molar-refractivity contribution in [3.8, 4) is 0 Å². The van der Waals surface area contributed by atoms with Gasteiger partial charge >= 0.3 is 0 Å². The monoisotopic (exact) mass is 227 g/mol. The minimum Gasteiger partial charge on any atom is -0.0935 e. The van der Waals surface area contributed by atoms with E-state index in [1.807, 2.05) is 5.37 Å². The molecule has 0 atom stereocenters. The Morgan fingerprint density at radius 1 is 0.733 bits per heavy atom. The summed E-state index contributed by atoms with van der Waals surface area (Å²) in [6.45, 7) is 2.22. The summed E-state index contributed by atoms with van der Waals surface area (Å²) in [6, 6.07) is 0. The Morgan fingerprint density at radius 2 is 1.20 bits per heavy atom. The normalized spacial score (nSPS) is 10.5. The van der Waals surface area contributed by atoms with E-state index in [2.05, 4.69) is 13.3 Å². The molecule has 0 heterocycles. The molecule has 0 saturated carbocycles. The van der Waals surface area contributed by atoms with Crippen molar-refractivity contribution in [2.45, 2.75) is 77.6 Å². The van der Waals surface area contributed by atoms with Gasteiger partial charge in [0.2, 0.25) is 0 Å². The van der Waals surface area contributed by atoms with Crippen LogP contribution < -0.4 is 0 Å². The predicted molar refractivity (Wildman–Crippen MR) is 74.4 cm³/mol. The van der Waals surface area contributed by atoms with Gasteiger partial charge in [-0.15, -0.1) is 0 Å². The van der Waals surface area contributed by atoms with Crippen LogP contribution >= 0.6 is 12.2 Å². The van der Waals surface area contributed by atoms with E-state index in [9.17, 15) is 0 Å². The van der Waals surface area contributed by atoms with Gasteiger partial charge in [0.25, 0.3) is 0 Å². The Labute approximate surface area is 102 Å². The smallest absolute Gasteiger partial charge is 0.0210 e. The molecule has 0 aliphatic carbocycles. The molecule has 0 amide bonds. The average molecular weight is 227 g/mol. The van der Waals surface area contributed by atoms with Gasteiger partial charge in [-0.2, -0.15) is 0 Å². The Kier molecular flexibility index (Phi) is 14.2. The molecule has 0 bridgehead atoms. The SMILES string of the molecule is CC[CH]CCCCCCCCCCC=S. The number of hydrogen-bond donors (Lipinski definition) is 0. The van der Waals surface area contributed by atoms with E-state index in [0.29, 0.717) is 0 Å². The van der Waals surface area contributed by atoms with Gasteiger partial charge in [0, 0.05) is 0 Å². The summed E-state index contributed by atoms with van der Waals surface area (Å²) in [4.78, 5) is 0. The zero-order valence-electron chi connectivity index (χ0n) is 10.3. The molecule has 0 aromatic heterocycles. The van der Waals surface area contributed by atoms with Gasteiger partial charge < -0.3 is 0 Å². The summed E-state index contributed by atoms with van der Waals surface area (Å²) in [5, 5.41) is 1.87. The van der Waals surface area contributed by atoms with Crippen LogP contribution in [0.3, 0.4) is 0 Å². The molecule has 0 rings (SSSR count). The second-order valence-corrected chi connectivity index (χ2v) is 4.60. The lowest BCUT2D eigenvalue weighted by Crippen LogP contribution is -1.82. The lowest BCUT2D eigenvalue weighted by Gasteiger charge is -2.01. The van der Waals surface area contributed by atoms with Crippen molar-refractivity contribution in [2.24, 2.45) is 0 Å². The van der Waals surface area contributed by atoms with E-state index < -0.39 is 0 Å². The van der Waals surface area contributed by atoms with Crippen molar-refractivity contribution >= 4 is 17.6 Å². The van der Waals surface area contributed by atoms with Crippen LogP contribution in [0.25, 0.3) is 0 Å². The van der Waals surface area contributed by atoms with Crippen LogP contribution in [0.1, 0.15) is 77.6 Å². The molecule has 0 aliphatic heterocycles. The van der Waals surface area contributed by atoms with Crippen LogP contribution in [-0.4, -0.2) is 5.37 Å². The molecule has 0 unspecified atom stereocenters. The molecule has 0 nitrogen and oxygen atoms in total. The highest BCUT2D eigenvalue weighted by Crippen LogP contribution is 2.11. The summed E-state index contributed by atoms with van der Waals surface area (Å²) < 4.78 is 0. The Bertz CT molecular complexity index is 121. The van der Waals surface area contributed by atoms with Crippen molar-refractivity contribution < 1.29 is 0 Å². The average Bonchev–Trinajstić information content (AvgIpc) is 2.26. The van der Waals surface area contributed by atoms with Crippen LogP contribution in [0, 0.1) is 6.42 Å². The van der Waals surface area contributed by atoms with Gasteiger partial charge in [-0.05, 0) is 24.6 Å². The molecule has 15 heavy (non-hydrogen) atoms. The molecular weight excluding hydrogens is 200 g/mol. The van der Waals surface area contributed by atoms with Gasteiger partial charge in [0.05, 0.1) is 0 Å². The fraction of sp³-hybridized carbons (Fsp3) is 0.857. The topological polar surface area (TPSA) is 0 Å². The first-order valence-corrected chi connectivity index (χ1v) is 7.14. The maximum Gasteiger partial charge on any atom is -0.0210 e. The van der Waals surface area contributed by atoms with Crippen LogP contribution in [0.5, 0.6) is 0 Å². The largest absolute Gasteiger partial charge is 0.0935 e. The lowest BCUT2D eigenvalue weighted by molar-refractivity contribution is 0.569. The highest BCUT2D eigenvalue weighted by atomic mass is 32.1. The molecule has 1 heteroatoms. The van der Waals surface area contributed by atoms with Crippen molar-refractivity contribution in [3.63, 3.8) is 0 Å². The maximum absolute atomic E-state index is 4.79. The van der Waals surface area contributed by atoms with Crippen molar-refractivity contribution in [1.82, 2.24) is 0 Å². The summed E-state index contributed by atoms with van der Waals surface area (Å²) >= 11 is 4.79. The first kappa shape index (κ1) is 15.1. The third-order valence-electron chi connectivity index (χ3n) is 2.77. The number of hydrogen-bond acceptors (Lipinski definition) is 1. The fourth-order valence-electron chi connectivity index (χ4n) is 1.78. The van der Waals surface area contributed by atoms with Gasteiger partial charge in [-0.3, -0.25) is 0 Å². The summed E-state index contributed by atoms with van der Waals surface area (Å²) in [6.07, 6.45) is 17.3. The molecule has 0 saturated heterocycles.